The Morgan fingerprint density at radius 1 is 1.47 bits per heavy atom. The Bertz CT molecular complexity index is 502. The first-order valence-corrected chi connectivity index (χ1v) is 5.36. The summed E-state index contributed by atoms with van der Waals surface area (Å²) in [5, 5.41) is 10.3. The van der Waals surface area contributed by atoms with Gasteiger partial charge in [0.15, 0.2) is 5.16 Å². The van der Waals surface area contributed by atoms with Crippen molar-refractivity contribution in [1.82, 2.24) is 9.97 Å². The SMILES string of the molecule is N#Cc1ccc(Cl)cc1Sc1ncc[nH]1. The lowest BCUT2D eigenvalue weighted by Crippen LogP contribution is -1.82. The van der Waals surface area contributed by atoms with Gasteiger partial charge < -0.3 is 4.98 Å². The van der Waals surface area contributed by atoms with Gasteiger partial charge in [0, 0.05) is 22.3 Å². The molecule has 74 valence electrons. The number of H-pyrrole nitrogens is 1. The van der Waals surface area contributed by atoms with Gasteiger partial charge in [-0.15, -0.1) is 0 Å². The Balaban J connectivity index is 2.35. The summed E-state index contributed by atoms with van der Waals surface area (Å²) < 4.78 is 0. The molecule has 0 atom stereocenters. The summed E-state index contributed by atoms with van der Waals surface area (Å²) in [6.45, 7) is 0. The van der Waals surface area contributed by atoms with Gasteiger partial charge in [0.2, 0.25) is 0 Å². The van der Waals surface area contributed by atoms with E-state index in [1.165, 1.54) is 11.8 Å². The maximum Gasteiger partial charge on any atom is 0.170 e. The standard InChI is InChI=1S/C10H6ClN3S/c11-8-2-1-7(6-12)9(5-8)15-10-13-3-4-14-10/h1-5H,(H,13,14). The molecule has 0 fully saturated rings. The summed E-state index contributed by atoms with van der Waals surface area (Å²) in [7, 11) is 0. The Morgan fingerprint density at radius 2 is 2.33 bits per heavy atom. The quantitative estimate of drug-likeness (QED) is 0.870. The molecular formula is C10H6ClN3S. The number of imidazole rings is 1. The number of halogens is 1. The van der Waals surface area contributed by atoms with Crippen LogP contribution in [-0.4, -0.2) is 9.97 Å². The van der Waals surface area contributed by atoms with E-state index in [1.807, 2.05) is 0 Å². The van der Waals surface area contributed by atoms with Crippen molar-refractivity contribution in [3.63, 3.8) is 0 Å². The number of hydrogen-bond donors (Lipinski definition) is 1. The van der Waals surface area contributed by atoms with Gasteiger partial charge in [-0.05, 0) is 18.2 Å². The summed E-state index contributed by atoms with van der Waals surface area (Å²) in [5.74, 6) is 0. The molecule has 3 nitrogen and oxygen atoms in total. The maximum atomic E-state index is 8.90. The minimum absolute atomic E-state index is 0.598. The zero-order chi connectivity index (χ0) is 10.7. The molecule has 1 heterocycles. The number of aromatic nitrogens is 2. The highest BCUT2D eigenvalue weighted by atomic mass is 35.5. The number of nitriles is 1. The molecule has 0 saturated heterocycles. The first kappa shape index (κ1) is 10.1. The van der Waals surface area contributed by atoms with Crippen LogP contribution in [0.3, 0.4) is 0 Å². The largest absolute Gasteiger partial charge is 0.339 e. The van der Waals surface area contributed by atoms with Crippen LogP contribution in [0.1, 0.15) is 5.56 Å². The fraction of sp³-hybridized carbons (Fsp3) is 0. The number of nitrogens with one attached hydrogen (secondary N) is 1. The molecule has 2 rings (SSSR count). The van der Waals surface area contributed by atoms with E-state index in [0.717, 1.165) is 10.1 Å². The molecule has 0 aliphatic rings. The van der Waals surface area contributed by atoms with E-state index < -0.39 is 0 Å². The van der Waals surface area contributed by atoms with Gasteiger partial charge in [-0.1, -0.05) is 23.4 Å². The van der Waals surface area contributed by atoms with Crippen LogP contribution >= 0.6 is 23.4 Å². The van der Waals surface area contributed by atoms with Crippen molar-refractivity contribution in [3.05, 3.63) is 41.2 Å². The summed E-state index contributed by atoms with van der Waals surface area (Å²) in [4.78, 5) is 7.83. The second-order valence-corrected chi connectivity index (χ2v) is 4.22. The van der Waals surface area contributed by atoms with E-state index in [0.29, 0.717) is 10.6 Å². The van der Waals surface area contributed by atoms with E-state index in [4.69, 9.17) is 16.9 Å². The molecule has 0 amide bonds. The highest BCUT2D eigenvalue weighted by Gasteiger charge is 2.06. The van der Waals surface area contributed by atoms with E-state index in [-0.39, 0.29) is 0 Å². The predicted molar refractivity (Wildman–Crippen MR) is 58.9 cm³/mol. The van der Waals surface area contributed by atoms with Gasteiger partial charge >= 0.3 is 0 Å². The summed E-state index contributed by atoms with van der Waals surface area (Å²) in [5.41, 5.74) is 0.598. The van der Waals surface area contributed by atoms with Gasteiger partial charge in [-0.25, -0.2) is 4.98 Å². The molecule has 15 heavy (non-hydrogen) atoms. The van der Waals surface area contributed by atoms with Crippen LogP contribution in [0.4, 0.5) is 0 Å². The smallest absolute Gasteiger partial charge is 0.170 e. The Kier molecular flexibility index (Phi) is 2.95. The number of aromatic amines is 1. The monoisotopic (exact) mass is 235 g/mol. The van der Waals surface area contributed by atoms with Crippen LogP contribution in [0, 0.1) is 11.3 Å². The molecule has 0 aliphatic heterocycles. The highest BCUT2D eigenvalue weighted by molar-refractivity contribution is 7.99. The minimum Gasteiger partial charge on any atom is -0.339 e. The van der Waals surface area contributed by atoms with Crippen molar-refractivity contribution in [1.29, 1.82) is 5.26 Å². The fourth-order valence-electron chi connectivity index (χ4n) is 1.08. The molecule has 0 spiro atoms. The van der Waals surface area contributed by atoms with Crippen molar-refractivity contribution >= 4 is 23.4 Å². The van der Waals surface area contributed by atoms with Crippen molar-refractivity contribution < 1.29 is 0 Å². The van der Waals surface area contributed by atoms with Gasteiger partial charge in [0.1, 0.15) is 6.07 Å². The van der Waals surface area contributed by atoms with E-state index >= 15 is 0 Å². The summed E-state index contributed by atoms with van der Waals surface area (Å²) in [6.07, 6.45) is 3.40. The van der Waals surface area contributed by atoms with Crippen molar-refractivity contribution in [2.45, 2.75) is 10.1 Å². The first-order valence-electron chi connectivity index (χ1n) is 4.16. The molecule has 0 aliphatic carbocycles. The lowest BCUT2D eigenvalue weighted by atomic mass is 10.2. The maximum absolute atomic E-state index is 8.90. The second kappa shape index (κ2) is 4.39. The number of benzene rings is 1. The van der Waals surface area contributed by atoms with Crippen LogP contribution in [0.2, 0.25) is 5.02 Å². The molecule has 0 radical (unpaired) electrons. The van der Waals surface area contributed by atoms with Gasteiger partial charge in [-0.2, -0.15) is 5.26 Å². The number of hydrogen-bond acceptors (Lipinski definition) is 3. The zero-order valence-corrected chi connectivity index (χ0v) is 9.14. The molecular weight excluding hydrogens is 230 g/mol. The fourth-order valence-corrected chi connectivity index (χ4v) is 2.18. The van der Waals surface area contributed by atoms with E-state index in [9.17, 15) is 0 Å². The number of nitrogens with zero attached hydrogens (tertiary/aromatic N) is 2. The first-order chi connectivity index (χ1) is 7.29. The van der Waals surface area contributed by atoms with Crippen molar-refractivity contribution in [2.75, 3.05) is 0 Å². The van der Waals surface area contributed by atoms with Gasteiger partial charge in [0.05, 0.1) is 5.56 Å². The van der Waals surface area contributed by atoms with E-state index in [1.54, 1.807) is 30.6 Å². The summed E-state index contributed by atoms with van der Waals surface area (Å²) in [6, 6.07) is 7.27. The van der Waals surface area contributed by atoms with Crippen LogP contribution in [0.5, 0.6) is 0 Å². The van der Waals surface area contributed by atoms with Gasteiger partial charge in [0.25, 0.3) is 0 Å². The van der Waals surface area contributed by atoms with Crippen molar-refractivity contribution in [3.8, 4) is 6.07 Å². The number of rotatable bonds is 2. The van der Waals surface area contributed by atoms with Crippen LogP contribution in [-0.2, 0) is 0 Å². The molecule has 2 aromatic rings. The minimum atomic E-state index is 0.598. The average molecular weight is 236 g/mol. The van der Waals surface area contributed by atoms with Crippen LogP contribution < -0.4 is 0 Å². The lowest BCUT2D eigenvalue weighted by molar-refractivity contribution is 1.06. The molecule has 1 aromatic carbocycles. The zero-order valence-electron chi connectivity index (χ0n) is 7.57. The summed E-state index contributed by atoms with van der Waals surface area (Å²) >= 11 is 7.25. The third kappa shape index (κ3) is 2.32. The lowest BCUT2D eigenvalue weighted by Gasteiger charge is -2.01. The van der Waals surface area contributed by atoms with Gasteiger partial charge in [-0.3, -0.25) is 0 Å². The van der Waals surface area contributed by atoms with Crippen LogP contribution in [0.15, 0.2) is 40.6 Å². The van der Waals surface area contributed by atoms with Crippen LogP contribution in [0.25, 0.3) is 0 Å². The molecule has 0 unspecified atom stereocenters. The van der Waals surface area contributed by atoms with E-state index in [2.05, 4.69) is 16.0 Å². The Labute approximate surface area is 96.1 Å². The third-order valence-electron chi connectivity index (χ3n) is 1.74. The molecule has 0 saturated carbocycles. The topological polar surface area (TPSA) is 52.5 Å². The normalized spacial score (nSPS) is 9.87. The molecule has 5 heteroatoms. The molecule has 1 N–H and O–H groups in total. The highest BCUT2D eigenvalue weighted by Crippen LogP contribution is 2.29. The molecule has 0 bridgehead atoms. The Hall–Kier alpha value is -1.44. The van der Waals surface area contributed by atoms with Crippen molar-refractivity contribution in [2.24, 2.45) is 0 Å². The predicted octanol–water partition coefficient (Wildman–Crippen LogP) is 3.09. The Morgan fingerprint density at radius 3 is 3.00 bits per heavy atom. The average Bonchev–Trinajstić information content (AvgIpc) is 2.71. The third-order valence-corrected chi connectivity index (χ3v) is 2.95. The second-order valence-electron chi connectivity index (χ2n) is 2.75. The molecule has 1 aromatic heterocycles.